The van der Waals surface area contributed by atoms with Crippen molar-refractivity contribution in [1.29, 1.82) is 0 Å². The van der Waals surface area contributed by atoms with Gasteiger partial charge in [-0.25, -0.2) is 0 Å². The summed E-state index contributed by atoms with van der Waals surface area (Å²) in [5, 5.41) is 2.92. The summed E-state index contributed by atoms with van der Waals surface area (Å²) in [7, 11) is 0. The molecule has 0 bridgehead atoms. The Kier molecular flexibility index (Phi) is 8.75. The molecule has 0 saturated carbocycles. The number of anilines is 2. The number of ether oxygens (including phenoxy) is 2. The summed E-state index contributed by atoms with van der Waals surface area (Å²) in [6, 6.07) is 10.8. The first-order chi connectivity index (χ1) is 16.0. The van der Waals surface area contributed by atoms with Gasteiger partial charge in [-0.2, -0.15) is 0 Å². The van der Waals surface area contributed by atoms with Crippen LogP contribution in [0.2, 0.25) is 0 Å². The molecule has 1 heterocycles. The Balaban J connectivity index is 1.77. The summed E-state index contributed by atoms with van der Waals surface area (Å²) in [6.45, 7) is 6.93. The second-order valence-electron chi connectivity index (χ2n) is 7.95. The fourth-order valence-corrected chi connectivity index (χ4v) is 3.77. The molecule has 1 aliphatic rings. The lowest BCUT2D eigenvalue weighted by Crippen LogP contribution is -2.30. The van der Waals surface area contributed by atoms with Gasteiger partial charge in [-0.1, -0.05) is 13.0 Å². The van der Waals surface area contributed by atoms with Gasteiger partial charge >= 0.3 is 0 Å². The zero-order valence-corrected chi connectivity index (χ0v) is 19.4. The third-order valence-corrected chi connectivity index (χ3v) is 5.39. The van der Waals surface area contributed by atoms with E-state index in [1.54, 1.807) is 18.2 Å². The number of piperidine rings is 1. The molecule has 0 aliphatic carbocycles. The quantitative estimate of drug-likeness (QED) is 0.514. The van der Waals surface area contributed by atoms with Crippen LogP contribution in [0.5, 0.6) is 11.5 Å². The van der Waals surface area contributed by atoms with Crippen molar-refractivity contribution in [1.82, 2.24) is 0 Å². The molecule has 176 valence electrons. The minimum atomic E-state index is -0.528. The second kappa shape index (κ2) is 11.9. The van der Waals surface area contributed by atoms with Gasteiger partial charge in [0.25, 0.3) is 0 Å². The van der Waals surface area contributed by atoms with E-state index in [0.29, 0.717) is 36.0 Å². The molecule has 33 heavy (non-hydrogen) atoms. The molecular formula is C26H33N3O4. The largest absolute Gasteiger partial charge is 0.490 e. The lowest BCUT2D eigenvalue weighted by molar-refractivity contribution is -0.111. The van der Waals surface area contributed by atoms with Crippen molar-refractivity contribution < 1.29 is 19.1 Å². The number of rotatable bonds is 10. The smallest absolute Gasteiger partial charge is 0.248 e. The van der Waals surface area contributed by atoms with Crippen LogP contribution in [0, 0.1) is 0 Å². The lowest BCUT2D eigenvalue weighted by atomic mass is 10.1. The zero-order chi connectivity index (χ0) is 23.6. The first-order valence-corrected chi connectivity index (χ1v) is 11.6. The maximum absolute atomic E-state index is 12.7. The summed E-state index contributed by atoms with van der Waals surface area (Å²) >= 11 is 0. The predicted molar refractivity (Wildman–Crippen MR) is 132 cm³/mol. The van der Waals surface area contributed by atoms with Crippen molar-refractivity contribution in [2.24, 2.45) is 5.73 Å². The number of nitrogens with zero attached hydrogens (tertiary/aromatic N) is 1. The molecule has 0 atom stereocenters. The standard InChI is InChI=1S/C26H33N3O4/c1-3-16-33-23-12-8-19(17-24(23)32-4-2)9-13-25(30)28-21-18-20(26(27)31)10-11-22(21)29-14-6-5-7-15-29/h8-13,17-18H,3-7,14-16H2,1-2H3,(H2,27,31)(H,28,30). The number of nitrogens with one attached hydrogen (secondary N) is 1. The molecule has 0 aromatic heterocycles. The summed E-state index contributed by atoms with van der Waals surface area (Å²) < 4.78 is 11.4. The first kappa shape index (κ1) is 24.2. The molecule has 2 aromatic carbocycles. The highest BCUT2D eigenvalue weighted by Gasteiger charge is 2.17. The van der Waals surface area contributed by atoms with Gasteiger partial charge in [-0.3, -0.25) is 9.59 Å². The molecule has 3 rings (SSSR count). The van der Waals surface area contributed by atoms with Gasteiger partial charge in [-0.15, -0.1) is 0 Å². The third kappa shape index (κ3) is 6.75. The topological polar surface area (TPSA) is 93.9 Å². The molecule has 0 spiro atoms. The lowest BCUT2D eigenvalue weighted by Gasteiger charge is -2.30. The number of nitrogens with two attached hydrogens (primary N) is 1. The molecule has 7 heteroatoms. The van der Waals surface area contributed by atoms with Crippen LogP contribution in [0.25, 0.3) is 6.08 Å². The van der Waals surface area contributed by atoms with Gasteiger partial charge < -0.3 is 25.4 Å². The highest BCUT2D eigenvalue weighted by atomic mass is 16.5. The van der Waals surface area contributed by atoms with E-state index in [0.717, 1.165) is 43.6 Å². The van der Waals surface area contributed by atoms with Gasteiger partial charge in [0.15, 0.2) is 11.5 Å². The molecule has 1 saturated heterocycles. The van der Waals surface area contributed by atoms with E-state index in [4.69, 9.17) is 15.2 Å². The number of benzene rings is 2. The van der Waals surface area contributed by atoms with E-state index in [1.807, 2.05) is 38.1 Å². The highest BCUT2D eigenvalue weighted by molar-refractivity contribution is 6.05. The molecule has 7 nitrogen and oxygen atoms in total. The van der Waals surface area contributed by atoms with E-state index in [2.05, 4.69) is 10.2 Å². The first-order valence-electron chi connectivity index (χ1n) is 11.6. The molecule has 3 N–H and O–H groups in total. The Labute approximate surface area is 195 Å². The summed E-state index contributed by atoms with van der Waals surface area (Å²) in [4.78, 5) is 26.6. The van der Waals surface area contributed by atoms with Crippen LogP contribution < -0.4 is 25.4 Å². The van der Waals surface area contributed by atoms with E-state index < -0.39 is 5.91 Å². The van der Waals surface area contributed by atoms with Crippen molar-refractivity contribution >= 4 is 29.3 Å². The molecule has 0 radical (unpaired) electrons. The third-order valence-electron chi connectivity index (χ3n) is 5.39. The van der Waals surface area contributed by atoms with Gasteiger partial charge in [-0.05, 0) is 74.6 Å². The Hall–Kier alpha value is -3.48. The van der Waals surface area contributed by atoms with E-state index in [-0.39, 0.29) is 5.91 Å². The van der Waals surface area contributed by atoms with Gasteiger partial charge in [0.2, 0.25) is 11.8 Å². The summed E-state index contributed by atoms with van der Waals surface area (Å²) in [5.41, 5.74) is 8.12. The molecule has 1 aliphatic heterocycles. The molecule has 0 unspecified atom stereocenters. The number of primary amides is 1. The number of hydrogen-bond acceptors (Lipinski definition) is 5. The SMILES string of the molecule is CCCOc1ccc(C=CC(=O)Nc2cc(C(N)=O)ccc2N2CCCCC2)cc1OCC. The van der Waals surface area contributed by atoms with Crippen LogP contribution in [0.4, 0.5) is 11.4 Å². The number of amides is 2. The average Bonchev–Trinajstić information content (AvgIpc) is 2.83. The van der Waals surface area contributed by atoms with Gasteiger partial charge in [0, 0.05) is 24.7 Å². The van der Waals surface area contributed by atoms with E-state index in [1.165, 1.54) is 12.5 Å². The Bertz CT molecular complexity index is 997. The zero-order valence-electron chi connectivity index (χ0n) is 19.4. The normalized spacial score (nSPS) is 13.7. The van der Waals surface area contributed by atoms with Gasteiger partial charge in [0.1, 0.15) is 0 Å². The number of hydrogen-bond donors (Lipinski definition) is 2. The maximum atomic E-state index is 12.7. The van der Waals surface area contributed by atoms with E-state index >= 15 is 0 Å². The molecule has 2 amide bonds. The Morgan fingerprint density at radius 3 is 2.52 bits per heavy atom. The van der Waals surface area contributed by atoms with Crippen LogP contribution in [0.1, 0.15) is 55.5 Å². The minimum Gasteiger partial charge on any atom is -0.490 e. The molecule has 2 aromatic rings. The number of carbonyl (C=O) groups excluding carboxylic acids is 2. The monoisotopic (exact) mass is 451 g/mol. The van der Waals surface area contributed by atoms with Crippen molar-refractivity contribution in [3.05, 3.63) is 53.6 Å². The van der Waals surface area contributed by atoms with Crippen molar-refractivity contribution in [2.45, 2.75) is 39.5 Å². The van der Waals surface area contributed by atoms with Crippen LogP contribution in [-0.4, -0.2) is 38.1 Å². The Morgan fingerprint density at radius 1 is 1.03 bits per heavy atom. The van der Waals surface area contributed by atoms with Crippen LogP contribution in [-0.2, 0) is 4.79 Å². The fraction of sp³-hybridized carbons (Fsp3) is 0.385. The van der Waals surface area contributed by atoms with Crippen LogP contribution in [0.3, 0.4) is 0 Å². The number of carbonyl (C=O) groups is 2. The highest BCUT2D eigenvalue weighted by Crippen LogP contribution is 2.31. The average molecular weight is 452 g/mol. The van der Waals surface area contributed by atoms with Crippen LogP contribution in [0.15, 0.2) is 42.5 Å². The summed E-state index contributed by atoms with van der Waals surface area (Å²) in [5.74, 6) is 0.518. The molecule has 1 fully saturated rings. The Morgan fingerprint density at radius 2 is 1.82 bits per heavy atom. The van der Waals surface area contributed by atoms with Crippen molar-refractivity contribution in [3.8, 4) is 11.5 Å². The minimum absolute atomic E-state index is 0.292. The van der Waals surface area contributed by atoms with Crippen molar-refractivity contribution in [3.63, 3.8) is 0 Å². The predicted octanol–water partition coefficient (Wildman–Crippen LogP) is 4.62. The van der Waals surface area contributed by atoms with Crippen LogP contribution >= 0.6 is 0 Å². The van der Waals surface area contributed by atoms with Crippen molar-refractivity contribution in [2.75, 3.05) is 36.5 Å². The van der Waals surface area contributed by atoms with Gasteiger partial charge in [0.05, 0.1) is 24.6 Å². The maximum Gasteiger partial charge on any atom is 0.248 e. The van der Waals surface area contributed by atoms with E-state index in [9.17, 15) is 9.59 Å². The fourth-order valence-electron chi connectivity index (χ4n) is 3.77. The molecular weight excluding hydrogens is 418 g/mol. The second-order valence-corrected chi connectivity index (χ2v) is 7.95. The summed E-state index contributed by atoms with van der Waals surface area (Å²) in [6.07, 6.45) is 7.50.